The summed E-state index contributed by atoms with van der Waals surface area (Å²) >= 11 is 6.36. The molecular formula is C16H17ClN2O4. The van der Waals surface area contributed by atoms with Gasteiger partial charge in [0.2, 0.25) is 0 Å². The number of aryl methyl sites for hydroxylation is 1. The lowest BCUT2D eigenvalue weighted by atomic mass is 9.97. The van der Waals surface area contributed by atoms with Crippen LogP contribution < -0.4 is 9.47 Å². The molecular weight excluding hydrogens is 320 g/mol. The highest BCUT2D eigenvalue weighted by molar-refractivity contribution is 6.33. The van der Waals surface area contributed by atoms with E-state index in [1.54, 1.807) is 19.2 Å². The minimum absolute atomic E-state index is 0.0354. The fourth-order valence-electron chi connectivity index (χ4n) is 2.37. The third-order valence-electron chi connectivity index (χ3n) is 3.65. The van der Waals surface area contributed by atoms with Crippen LogP contribution in [0.2, 0.25) is 5.02 Å². The zero-order valence-corrected chi connectivity index (χ0v) is 13.8. The van der Waals surface area contributed by atoms with Crippen molar-refractivity contribution < 1.29 is 19.4 Å². The van der Waals surface area contributed by atoms with Gasteiger partial charge >= 0.3 is 5.97 Å². The van der Waals surface area contributed by atoms with Gasteiger partial charge in [0.15, 0.2) is 17.2 Å². The van der Waals surface area contributed by atoms with Crippen molar-refractivity contribution in [3.05, 3.63) is 28.9 Å². The molecule has 0 atom stereocenters. The monoisotopic (exact) mass is 336 g/mol. The van der Waals surface area contributed by atoms with E-state index in [2.05, 4.69) is 18.9 Å². The molecule has 0 saturated heterocycles. The molecule has 1 aliphatic rings. The Hall–Kier alpha value is -2.21. The first-order valence-electron chi connectivity index (χ1n) is 7.14. The lowest BCUT2D eigenvalue weighted by Gasteiger charge is -2.19. The average molecular weight is 337 g/mol. The number of halogens is 1. The zero-order valence-electron chi connectivity index (χ0n) is 13.1. The van der Waals surface area contributed by atoms with Gasteiger partial charge in [-0.15, -0.1) is 0 Å². The first kappa shape index (κ1) is 15.7. The Bertz CT molecular complexity index is 783. The molecule has 2 heterocycles. The van der Waals surface area contributed by atoms with Gasteiger partial charge in [-0.25, -0.2) is 4.79 Å². The van der Waals surface area contributed by atoms with Crippen LogP contribution in [-0.4, -0.2) is 34.1 Å². The van der Waals surface area contributed by atoms with Gasteiger partial charge in [-0.2, -0.15) is 5.10 Å². The molecule has 1 aromatic heterocycles. The minimum atomic E-state index is -1.08. The van der Waals surface area contributed by atoms with Crippen LogP contribution >= 0.6 is 11.6 Å². The van der Waals surface area contributed by atoms with E-state index in [1.165, 1.54) is 10.7 Å². The van der Waals surface area contributed by atoms with Gasteiger partial charge in [-0.1, -0.05) is 25.4 Å². The van der Waals surface area contributed by atoms with E-state index in [9.17, 15) is 4.79 Å². The highest BCUT2D eigenvalue weighted by Crippen LogP contribution is 2.41. The van der Waals surface area contributed by atoms with Crippen molar-refractivity contribution >= 4 is 17.6 Å². The number of fused-ring (bicyclic) bond motifs is 1. The Morgan fingerprint density at radius 2 is 1.87 bits per heavy atom. The normalized spacial score (nSPS) is 16.0. The molecule has 23 heavy (non-hydrogen) atoms. The van der Waals surface area contributed by atoms with E-state index in [1.807, 2.05) is 0 Å². The van der Waals surface area contributed by atoms with Crippen molar-refractivity contribution in [1.29, 1.82) is 0 Å². The van der Waals surface area contributed by atoms with Gasteiger partial charge in [0.05, 0.1) is 23.9 Å². The van der Waals surface area contributed by atoms with Crippen molar-refractivity contribution in [2.45, 2.75) is 13.8 Å². The largest absolute Gasteiger partial charge is 0.489 e. The Kier molecular flexibility index (Phi) is 3.72. The summed E-state index contributed by atoms with van der Waals surface area (Å²) in [4.78, 5) is 11.1. The van der Waals surface area contributed by atoms with Gasteiger partial charge in [-0.05, 0) is 12.1 Å². The maximum Gasteiger partial charge on any atom is 0.356 e. The first-order valence-corrected chi connectivity index (χ1v) is 7.51. The first-order chi connectivity index (χ1) is 10.8. The summed E-state index contributed by atoms with van der Waals surface area (Å²) in [6.45, 7) is 5.17. The number of benzene rings is 1. The maximum atomic E-state index is 11.1. The van der Waals surface area contributed by atoms with Crippen molar-refractivity contribution in [2.24, 2.45) is 12.5 Å². The second kappa shape index (κ2) is 5.45. The smallest absolute Gasteiger partial charge is 0.356 e. The SMILES string of the molecule is Cn1nc(C(=O)O)cc1-c1cc2c(cc1Cl)OCC(C)(C)CO2. The fraction of sp³-hybridized carbons (Fsp3) is 0.375. The molecule has 2 aromatic rings. The number of hydrogen-bond donors (Lipinski definition) is 1. The summed E-state index contributed by atoms with van der Waals surface area (Å²) < 4.78 is 13.1. The Labute approximate surface area is 138 Å². The number of carboxylic acids is 1. The molecule has 0 amide bonds. The van der Waals surface area contributed by atoms with E-state index in [4.69, 9.17) is 26.2 Å². The number of aromatic carboxylic acids is 1. The van der Waals surface area contributed by atoms with Crippen molar-refractivity contribution in [1.82, 2.24) is 9.78 Å². The molecule has 0 spiro atoms. The molecule has 0 radical (unpaired) electrons. The number of nitrogens with zero attached hydrogens (tertiary/aromatic N) is 2. The van der Waals surface area contributed by atoms with Crippen molar-refractivity contribution in [3.63, 3.8) is 0 Å². The molecule has 0 aliphatic carbocycles. The molecule has 0 unspecified atom stereocenters. The van der Waals surface area contributed by atoms with Gasteiger partial charge in [0.1, 0.15) is 0 Å². The van der Waals surface area contributed by atoms with E-state index >= 15 is 0 Å². The molecule has 0 saturated carbocycles. The number of carbonyl (C=O) groups is 1. The predicted octanol–water partition coefficient (Wildman–Crippen LogP) is 3.24. The van der Waals surface area contributed by atoms with Crippen molar-refractivity contribution in [2.75, 3.05) is 13.2 Å². The Morgan fingerprint density at radius 3 is 2.43 bits per heavy atom. The van der Waals surface area contributed by atoms with E-state index in [0.29, 0.717) is 41.0 Å². The Morgan fingerprint density at radius 1 is 1.26 bits per heavy atom. The standard InChI is InChI=1S/C16H17ClN2O4/c1-16(2)7-22-13-4-9(10(17)5-14(13)23-8-16)12-6-11(15(20)21)18-19(12)3/h4-6H,7-8H2,1-3H3,(H,20,21). The van der Waals surface area contributed by atoms with Gasteiger partial charge in [-0.3, -0.25) is 4.68 Å². The predicted molar refractivity (Wildman–Crippen MR) is 85.4 cm³/mol. The van der Waals surface area contributed by atoms with Crippen LogP contribution in [0.3, 0.4) is 0 Å². The van der Waals surface area contributed by atoms with Gasteiger partial charge < -0.3 is 14.6 Å². The third kappa shape index (κ3) is 2.99. The number of ether oxygens (including phenoxy) is 2. The van der Waals surface area contributed by atoms with E-state index in [-0.39, 0.29) is 11.1 Å². The third-order valence-corrected chi connectivity index (χ3v) is 3.96. The molecule has 0 bridgehead atoms. The average Bonchev–Trinajstić information content (AvgIpc) is 2.79. The fourth-order valence-corrected chi connectivity index (χ4v) is 2.62. The summed E-state index contributed by atoms with van der Waals surface area (Å²) in [6.07, 6.45) is 0. The maximum absolute atomic E-state index is 11.1. The molecule has 3 rings (SSSR count). The summed E-state index contributed by atoms with van der Waals surface area (Å²) in [5.41, 5.74) is 1.11. The zero-order chi connectivity index (χ0) is 16.8. The van der Waals surface area contributed by atoms with Gasteiger partial charge in [0, 0.05) is 24.1 Å². The summed E-state index contributed by atoms with van der Waals surface area (Å²) in [7, 11) is 1.67. The van der Waals surface area contributed by atoms with Crippen LogP contribution in [0.15, 0.2) is 18.2 Å². The Balaban J connectivity index is 2.06. The van der Waals surface area contributed by atoms with E-state index in [0.717, 1.165) is 0 Å². The highest BCUT2D eigenvalue weighted by atomic mass is 35.5. The number of carboxylic acid groups (broad SMARTS) is 1. The molecule has 1 aromatic carbocycles. The quantitative estimate of drug-likeness (QED) is 0.911. The molecule has 122 valence electrons. The van der Waals surface area contributed by atoms with Gasteiger partial charge in [0.25, 0.3) is 0 Å². The number of aromatic nitrogens is 2. The van der Waals surface area contributed by atoms with Crippen LogP contribution in [0, 0.1) is 5.41 Å². The summed E-state index contributed by atoms with van der Waals surface area (Å²) in [5, 5.41) is 13.5. The topological polar surface area (TPSA) is 73.6 Å². The summed E-state index contributed by atoms with van der Waals surface area (Å²) in [5.74, 6) is 0.0945. The van der Waals surface area contributed by atoms with Crippen LogP contribution in [0.4, 0.5) is 0 Å². The molecule has 1 aliphatic heterocycles. The lowest BCUT2D eigenvalue weighted by molar-refractivity contribution is 0.0689. The minimum Gasteiger partial charge on any atom is -0.489 e. The number of hydrogen-bond acceptors (Lipinski definition) is 4. The second-order valence-electron chi connectivity index (χ2n) is 6.36. The molecule has 6 nitrogen and oxygen atoms in total. The number of rotatable bonds is 2. The van der Waals surface area contributed by atoms with Crippen LogP contribution in [0.25, 0.3) is 11.3 Å². The molecule has 0 fully saturated rings. The van der Waals surface area contributed by atoms with E-state index < -0.39 is 5.97 Å². The second-order valence-corrected chi connectivity index (χ2v) is 6.77. The van der Waals surface area contributed by atoms with Crippen molar-refractivity contribution in [3.8, 4) is 22.8 Å². The molecule has 7 heteroatoms. The lowest BCUT2D eigenvalue weighted by Crippen LogP contribution is -2.26. The molecule has 1 N–H and O–H groups in total. The highest BCUT2D eigenvalue weighted by Gasteiger charge is 2.26. The van der Waals surface area contributed by atoms with Crippen LogP contribution in [-0.2, 0) is 7.05 Å². The summed E-state index contributed by atoms with van der Waals surface area (Å²) in [6, 6.07) is 4.94. The van der Waals surface area contributed by atoms with Crippen LogP contribution in [0.5, 0.6) is 11.5 Å². The van der Waals surface area contributed by atoms with Crippen LogP contribution in [0.1, 0.15) is 24.3 Å².